The van der Waals surface area contributed by atoms with Crippen LogP contribution < -0.4 is 10.2 Å². The van der Waals surface area contributed by atoms with Gasteiger partial charge in [-0.25, -0.2) is 0 Å². The summed E-state index contributed by atoms with van der Waals surface area (Å²) in [6, 6.07) is 8.67. The van der Waals surface area contributed by atoms with Crippen LogP contribution in [0, 0.1) is 12.3 Å². The van der Waals surface area contributed by atoms with Crippen molar-refractivity contribution in [2.24, 2.45) is 5.41 Å². The van der Waals surface area contributed by atoms with Gasteiger partial charge in [-0.05, 0) is 43.9 Å². The topological polar surface area (TPSA) is 15.3 Å². The van der Waals surface area contributed by atoms with Gasteiger partial charge >= 0.3 is 0 Å². The molecule has 1 N–H and O–H groups in total. The maximum absolute atomic E-state index is 3.54. The van der Waals surface area contributed by atoms with Crippen LogP contribution in [-0.4, -0.2) is 26.2 Å². The lowest BCUT2D eigenvalue weighted by Crippen LogP contribution is -2.41. The summed E-state index contributed by atoms with van der Waals surface area (Å²) in [5.41, 5.74) is 3.02. The Kier molecular flexibility index (Phi) is 6.36. The summed E-state index contributed by atoms with van der Waals surface area (Å²) < 4.78 is 0. The fraction of sp³-hybridized carbons (Fsp3) is 0.647. The summed E-state index contributed by atoms with van der Waals surface area (Å²) in [6.45, 7) is 15.7. The summed E-state index contributed by atoms with van der Waals surface area (Å²) in [7, 11) is 0. The first kappa shape index (κ1) is 16.0. The molecule has 0 aromatic heterocycles. The maximum Gasteiger partial charge on any atom is 0.0396 e. The Hall–Kier alpha value is -1.02. The van der Waals surface area contributed by atoms with Crippen molar-refractivity contribution in [2.75, 3.05) is 31.1 Å². The van der Waals surface area contributed by atoms with Gasteiger partial charge < -0.3 is 10.2 Å². The third-order valence-electron chi connectivity index (χ3n) is 3.49. The number of hydrogen-bond acceptors (Lipinski definition) is 2. The molecule has 0 saturated carbocycles. The van der Waals surface area contributed by atoms with Crippen LogP contribution in [0.1, 0.15) is 39.7 Å². The molecule has 2 nitrogen and oxygen atoms in total. The Labute approximate surface area is 119 Å². The van der Waals surface area contributed by atoms with Crippen molar-refractivity contribution in [1.82, 2.24) is 5.32 Å². The van der Waals surface area contributed by atoms with Gasteiger partial charge in [-0.3, -0.25) is 0 Å². The van der Waals surface area contributed by atoms with Crippen LogP contribution in [0.15, 0.2) is 24.3 Å². The van der Waals surface area contributed by atoms with E-state index in [1.807, 2.05) is 0 Å². The van der Waals surface area contributed by atoms with E-state index in [9.17, 15) is 0 Å². The molecule has 0 heterocycles. The Morgan fingerprint density at radius 1 is 1.16 bits per heavy atom. The molecular formula is C17H30N2. The number of nitrogens with zero attached hydrogens (tertiary/aromatic N) is 1. The molecule has 0 unspecified atom stereocenters. The van der Waals surface area contributed by atoms with Crippen molar-refractivity contribution in [3.8, 4) is 0 Å². The summed E-state index contributed by atoms with van der Waals surface area (Å²) in [6.07, 6.45) is 1.20. The highest BCUT2D eigenvalue weighted by Crippen LogP contribution is 2.24. The Morgan fingerprint density at radius 3 is 2.42 bits per heavy atom. The Morgan fingerprint density at radius 2 is 1.84 bits per heavy atom. The molecule has 2 heteroatoms. The number of nitrogens with one attached hydrogen (secondary N) is 1. The summed E-state index contributed by atoms with van der Waals surface area (Å²) in [5.74, 6) is 0. The second-order valence-electron chi connectivity index (χ2n) is 6.14. The zero-order valence-electron chi connectivity index (χ0n) is 13.3. The van der Waals surface area contributed by atoms with Crippen LogP contribution >= 0.6 is 0 Å². The predicted molar refractivity (Wildman–Crippen MR) is 86.0 cm³/mol. The molecule has 0 bridgehead atoms. The van der Waals surface area contributed by atoms with Crippen molar-refractivity contribution in [1.29, 1.82) is 0 Å². The lowest BCUT2D eigenvalue weighted by molar-refractivity contribution is 0.343. The highest BCUT2D eigenvalue weighted by molar-refractivity contribution is 5.53. The molecule has 0 saturated heterocycles. The largest absolute Gasteiger partial charge is 0.371 e. The maximum atomic E-state index is 3.54. The average molecular weight is 262 g/mol. The Bertz CT molecular complexity index is 371. The molecule has 0 aliphatic rings. The van der Waals surface area contributed by atoms with E-state index in [2.05, 4.69) is 69.1 Å². The number of para-hydroxylation sites is 1. The molecule has 1 rings (SSSR count). The summed E-state index contributed by atoms with van der Waals surface area (Å²) in [5, 5.41) is 3.54. The van der Waals surface area contributed by atoms with Crippen molar-refractivity contribution in [2.45, 2.75) is 41.0 Å². The molecule has 0 fully saturated rings. The first-order valence-corrected chi connectivity index (χ1v) is 7.51. The van der Waals surface area contributed by atoms with Crippen molar-refractivity contribution in [3.63, 3.8) is 0 Å². The quantitative estimate of drug-likeness (QED) is 0.716. The van der Waals surface area contributed by atoms with Crippen LogP contribution in [0.25, 0.3) is 0 Å². The van der Waals surface area contributed by atoms with Gasteiger partial charge in [-0.1, -0.05) is 39.0 Å². The monoisotopic (exact) mass is 262 g/mol. The molecule has 0 atom stereocenters. The lowest BCUT2D eigenvalue weighted by atomic mass is 9.92. The normalized spacial score (nSPS) is 11.6. The summed E-state index contributed by atoms with van der Waals surface area (Å²) >= 11 is 0. The van der Waals surface area contributed by atoms with E-state index in [4.69, 9.17) is 0 Å². The van der Waals surface area contributed by atoms with Crippen molar-refractivity contribution < 1.29 is 0 Å². The molecule has 0 amide bonds. The van der Waals surface area contributed by atoms with E-state index >= 15 is 0 Å². The number of rotatable bonds is 8. The van der Waals surface area contributed by atoms with Gasteiger partial charge in [0.15, 0.2) is 0 Å². The van der Waals surface area contributed by atoms with Gasteiger partial charge in [-0.2, -0.15) is 0 Å². The van der Waals surface area contributed by atoms with E-state index in [0.29, 0.717) is 0 Å². The van der Waals surface area contributed by atoms with E-state index in [-0.39, 0.29) is 5.41 Å². The van der Waals surface area contributed by atoms with E-state index in [1.165, 1.54) is 17.7 Å². The van der Waals surface area contributed by atoms with Crippen molar-refractivity contribution >= 4 is 5.69 Å². The van der Waals surface area contributed by atoms with E-state index < -0.39 is 0 Å². The third-order valence-corrected chi connectivity index (χ3v) is 3.49. The molecule has 0 spiro atoms. The molecular weight excluding hydrogens is 232 g/mol. The molecule has 0 aliphatic carbocycles. The highest BCUT2D eigenvalue weighted by Gasteiger charge is 2.21. The molecule has 0 aliphatic heterocycles. The van der Waals surface area contributed by atoms with Gasteiger partial charge in [0, 0.05) is 25.3 Å². The number of aryl methyl sites for hydroxylation is 1. The van der Waals surface area contributed by atoms with Crippen LogP contribution in [0.4, 0.5) is 5.69 Å². The standard InChI is InChI=1S/C17H30N2/c1-6-12-18-13-17(4,5)14-19(7-2)16-11-9-8-10-15(16)3/h8-11,18H,6-7,12-14H2,1-5H3. The van der Waals surface area contributed by atoms with Crippen LogP contribution in [0.5, 0.6) is 0 Å². The lowest BCUT2D eigenvalue weighted by Gasteiger charge is -2.34. The van der Waals surface area contributed by atoms with Gasteiger partial charge in [0.1, 0.15) is 0 Å². The van der Waals surface area contributed by atoms with Crippen LogP contribution in [0.3, 0.4) is 0 Å². The average Bonchev–Trinajstić information content (AvgIpc) is 2.37. The zero-order chi connectivity index (χ0) is 14.3. The fourth-order valence-electron chi connectivity index (χ4n) is 2.46. The smallest absolute Gasteiger partial charge is 0.0396 e. The third kappa shape index (κ3) is 5.23. The second-order valence-corrected chi connectivity index (χ2v) is 6.14. The van der Waals surface area contributed by atoms with Gasteiger partial charge in [0.2, 0.25) is 0 Å². The SMILES string of the molecule is CCCNCC(C)(C)CN(CC)c1ccccc1C. The number of benzene rings is 1. The van der Waals surface area contributed by atoms with Crippen LogP contribution in [0.2, 0.25) is 0 Å². The predicted octanol–water partition coefficient (Wildman–Crippen LogP) is 3.85. The fourth-order valence-corrected chi connectivity index (χ4v) is 2.46. The van der Waals surface area contributed by atoms with Crippen molar-refractivity contribution in [3.05, 3.63) is 29.8 Å². The minimum Gasteiger partial charge on any atom is -0.371 e. The number of anilines is 1. The second kappa shape index (κ2) is 7.54. The van der Waals surface area contributed by atoms with Gasteiger partial charge in [-0.15, -0.1) is 0 Å². The zero-order valence-corrected chi connectivity index (χ0v) is 13.3. The van der Waals surface area contributed by atoms with E-state index in [1.54, 1.807) is 0 Å². The molecule has 1 aromatic rings. The Balaban J connectivity index is 2.68. The van der Waals surface area contributed by atoms with E-state index in [0.717, 1.165) is 26.2 Å². The molecule has 0 radical (unpaired) electrons. The first-order valence-electron chi connectivity index (χ1n) is 7.51. The van der Waals surface area contributed by atoms with Gasteiger partial charge in [0.25, 0.3) is 0 Å². The minimum atomic E-state index is 0.285. The molecule has 19 heavy (non-hydrogen) atoms. The molecule has 1 aromatic carbocycles. The number of hydrogen-bond donors (Lipinski definition) is 1. The first-order chi connectivity index (χ1) is 9.00. The minimum absolute atomic E-state index is 0.285. The van der Waals surface area contributed by atoms with Gasteiger partial charge in [0.05, 0.1) is 0 Å². The van der Waals surface area contributed by atoms with Crippen LogP contribution in [-0.2, 0) is 0 Å². The summed E-state index contributed by atoms with van der Waals surface area (Å²) in [4.78, 5) is 2.49. The highest BCUT2D eigenvalue weighted by atomic mass is 15.1. The molecule has 108 valence electrons.